The Kier molecular flexibility index (Phi) is 7.05. The van der Waals surface area contributed by atoms with E-state index in [4.69, 9.17) is 9.84 Å². The van der Waals surface area contributed by atoms with Gasteiger partial charge in [0.25, 0.3) is 5.91 Å². The number of hydrogen-bond acceptors (Lipinski definition) is 6. The number of amidine groups is 1. The molecule has 2 heterocycles. The summed E-state index contributed by atoms with van der Waals surface area (Å²) in [6.45, 7) is 2.02. The fourth-order valence-electron chi connectivity index (χ4n) is 4.21. The molecule has 0 aromatic heterocycles. The van der Waals surface area contributed by atoms with Gasteiger partial charge in [-0.05, 0) is 54.4 Å². The van der Waals surface area contributed by atoms with Crippen molar-refractivity contribution in [2.75, 3.05) is 12.4 Å². The number of methoxy groups -OCH3 is 1. The van der Waals surface area contributed by atoms with Gasteiger partial charge in [0.2, 0.25) is 5.91 Å². The maximum Gasteiger partial charge on any atom is 0.262 e. The van der Waals surface area contributed by atoms with Gasteiger partial charge in [-0.15, -0.1) is 0 Å². The van der Waals surface area contributed by atoms with E-state index >= 15 is 0 Å². The molecule has 1 N–H and O–H groups in total. The smallest absolute Gasteiger partial charge is 0.262 e. The van der Waals surface area contributed by atoms with Gasteiger partial charge in [0.15, 0.2) is 5.17 Å². The van der Waals surface area contributed by atoms with Crippen LogP contribution in [0.3, 0.4) is 0 Å². The van der Waals surface area contributed by atoms with Crippen LogP contribution in [0.15, 0.2) is 82.9 Å². The van der Waals surface area contributed by atoms with E-state index in [1.165, 1.54) is 23.9 Å². The van der Waals surface area contributed by atoms with Crippen LogP contribution >= 0.6 is 11.8 Å². The van der Waals surface area contributed by atoms with E-state index in [0.29, 0.717) is 23.0 Å². The van der Waals surface area contributed by atoms with Gasteiger partial charge < -0.3 is 10.1 Å². The van der Waals surface area contributed by atoms with Crippen LogP contribution in [0.25, 0.3) is 0 Å². The zero-order valence-electron chi connectivity index (χ0n) is 20.3. The number of carbonyl (C=O) groups excluding carboxylic acids is 2. The summed E-state index contributed by atoms with van der Waals surface area (Å²) < 4.78 is 18.7. The summed E-state index contributed by atoms with van der Waals surface area (Å²) >= 11 is 1.23. The SMILES string of the molecule is COc1ccc(NC(=O)C[C@@H]2SC(N3N=C(c4ccc(C)cc4)C[C@@H]3c3ccc(F)cc3)=NC2=O)cc1. The summed E-state index contributed by atoms with van der Waals surface area (Å²) in [5.74, 6) is -0.294. The van der Waals surface area contributed by atoms with Crippen LogP contribution in [-0.2, 0) is 9.59 Å². The summed E-state index contributed by atoms with van der Waals surface area (Å²) in [7, 11) is 1.57. The van der Waals surface area contributed by atoms with Crippen LogP contribution in [-0.4, -0.2) is 40.1 Å². The summed E-state index contributed by atoms with van der Waals surface area (Å²) in [5, 5.41) is 9.14. The third-order valence-corrected chi connectivity index (χ3v) is 7.36. The molecule has 0 aliphatic carbocycles. The van der Waals surface area contributed by atoms with Crippen molar-refractivity contribution in [3.8, 4) is 5.75 Å². The minimum Gasteiger partial charge on any atom is -0.497 e. The molecule has 0 radical (unpaired) electrons. The molecule has 0 unspecified atom stereocenters. The highest BCUT2D eigenvalue weighted by Gasteiger charge is 2.39. The van der Waals surface area contributed by atoms with Crippen LogP contribution in [0.2, 0.25) is 0 Å². The lowest BCUT2D eigenvalue weighted by atomic mass is 9.98. The molecule has 9 heteroatoms. The molecule has 0 saturated heterocycles. The molecule has 5 rings (SSSR count). The quantitative estimate of drug-likeness (QED) is 0.480. The van der Waals surface area contributed by atoms with Crippen molar-refractivity contribution in [2.24, 2.45) is 10.1 Å². The van der Waals surface area contributed by atoms with Gasteiger partial charge in [-0.25, -0.2) is 9.40 Å². The highest BCUT2D eigenvalue weighted by Crippen LogP contribution is 2.38. The Hall–Kier alpha value is -3.98. The Bertz CT molecular complexity index is 1370. The molecule has 2 aliphatic heterocycles. The second-order valence-electron chi connectivity index (χ2n) is 8.85. The Balaban J connectivity index is 1.33. The minimum absolute atomic E-state index is 0.0217. The number of hydrogen-bond donors (Lipinski definition) is 1. The molecule has 2 atom stereocenters. The van der Waals surface area contributed by atoms with E-state index in [-0.39, 0.29) is 30.1 Å². The topological polar surface area (TPSA) is 83.4 Å². The van der Waals surface area contributed by atoms with Crippen molar-refractivity contribution in [2.45, 2.75) is 31.1 Å². The number of hydrazone groups is 1. The summed E-state index contributed by atoms with van der Waals surface area (Å²) in [6, 6.07) is 21.1. The van der Waals surface area contributed by atoms with Crippen molar-refractivity contribution in [1.82, 2.24) is 5.01 Å². The minimum atomic E-state index is -0.652. The standard InChI is InChI=1S/C28H25FN4O3S/c1-17-3-5-18(6-4-17)23-15-24(19-7-9-20(29)10-8-19)33(32-23)28-31-27(35)25(37-28)16-26(34)30-21-11-13-22(36-2)14-12-21/h3-14,24-25H,15-16H2,1-2H3,(H,30,34)/t24-,25+/m1/s1. The van der Waals surface area contributed by atoms with Gasteiger partial charge in [-0.1, -0.05) is 53.7 Å². The Labute approximate surface area is 218 Å². The van der Waals surface area contributed by atoms with Gasteiger partial charge in [0.1, 0.15) is 16.8 Å². The lowest BCUT2D eigenvalue weighted by Gasteiger charge is -2.23. The normalized spacial score (nSPS) is 19.0. The van der Waals surface area contributed by atoms with Crippen LogP contribution in [0, 0.1) is 12.7 Å². The highest BCUT2D eigenvalue weighted by atomic mass is 32.2. The molecule has 0 spiro atoms. The first kappa shape index (κ1) is 24.7. The fourth-order valence-corrected chi connectivity index (χ4v) is 5.27. The van der Waals surface area contributed by atoms with Gasteiger partial charge in [-0.2, -0.15) is 10.1 Å². The molecule has 37 heavy (non-hydrogen) atoms. The van der Waals surface area contributed by atoms with Crippen molar-refractivity contribution in [3.05, 3.63) is 95.3 Å². The predicted octanol–water partition coefficient (Wildman–Crippen LogP) is 5.32. The van der Waals surface area contributed by atoms with Crippen LogP contribution in [0.4, 0.5) is 10.1 Å². The molecule has 2 amide bonds. The maximum atomic E-state index is 13.6. The third kappa shape index (κ3) is 5.56. The first-order valence-corrected chi connectivity index (χ1v) is 12.7. The molecule has 3 aromatic rings. The number of aryl methyl sites for hydroxylation is 1. The number of thioether (sulfide) groups is 1. The van der Waals surface area contributed by atoms with E-state index < -0.39 is 5.25 Å². The van der Waals surface area contributed by atoms with Crippen LogP contribution in [0.1, 0.15) is 35.6 Å². The number of carbonyl (C=O) groups is 2. The molecular weight excluding hydrogens is 491 g/mol. The van der Waals surface area contributed by atoms with Gasteiger partial charge in [-0.3, -0.25) is 9.59 Å². The Morgan fingerprint density at radius 3 is 2.46 bits per heavy atom. The highest BCUT2D eigenvalue weighted by molar-refractivity contribution is 8.15. The molecule has 3 aromatic carbocycles. The average Bonchev–Trinajstić information content (AvgIpc) is 3.49. The Morgan fingerprint density at radius 2 is 1.78 bits per heavy atom. The number of rotatable bonds is 6. The number of halogens is 1. The maximum absolute atomic E-state index is 13.6. The number of ether oxygens (including phenoxy) is 1. The van der Waals surface area contributed by atoms with E-state index in [0.717, 1.165) is 22.4 Å². The monoisotopic (exact) mass is 516 g/mol. The van der Waals surface area contributed by atoms with Crippen molar-refractivity contribution >= 4 is 40.1 Å². The molecular formula is C28H25FN4O3S. The van der Waals surface area contributed by atoms with Crippen LogP contribution < -0.4 is 10.1 Å². The Morgan fingerprint density at radius 1 is 1.08 bits per heavy atom. The first-order valence-electron chi connectivity index (χ1n) is 11.8. The molecule has 7 nitrogen and oxygen atoms in total. The van der Waals surface area contributed by atoms with Gasteiger partial charge in [0.05, 0.1) is 18.9 Å². The molecule has 2 aliphatic rings. The third-order valence-electron chi connectivity index (χ3n) is 6.22. The predicted molar refractivity (Wildman–Crippen MR) is 143 cm³/mol. The molecule has 0 fully saturated rings. The average molecular weight is 517 g/mol. The van der Waals surface area contributed by atoms with Gasteiger partial charge >= 0.3 is 0 Å². The summed E-state index contributed by atoms with van der Waals surface area (Å²) in [4.78, 5) is 29.7. The first-order chi connectivity index (χ1) is 17.9. The van der Waals surface area contributed by atoms with E-state index in [1.807, 2.05) is 31.2 Å². The van der Waals surface area contributed by atoms with Gasteiger partial charge in [0, 0.05) is 18.5 Å². The van der Waals surface area contributed by atoms with E-state index in [2.05, 4.69) is 10.3 Å². The number of amides is 2. The summed E-state index contributed by atoms with van der Waals surface area (Å²) in [5.41, 5.74) is 4.46. The second-order valence-corrected chi connectivity index (χ2v) is 10.0. The number of anilines is 1. The lowest BCUT2D eigenvalue weighted by Crippen LogP contribution is -2.25. The van der Waals surface area contributed by atoms with Crippen molar-refractivity contribution in [3.63, 3.8) is 0 Å². The molecule has 0 saturated carbocycles. The van der Waals surface area contributed by atoms with Crippen molar-refractivity contribution in [1.29, 1.82) is 0 Å². The summed E-state index contributed by atoms with van der Waals surface area (Å²) in [6.07, 6.45) is 0.553. The van der Waals surface area contributed by atoms with E-state index in [1.54, 1.807) is 48.5 Å². The second kappa shape index (κ2) is 10.6. The lowest BCUT2D eigenvalue weighted by molar-refractivity contribution is -0.121. The zero-order chi connectivity index (χ0) is 25.9. The zero-order valence-corrected chi connectivity index (χ0v) is 21.2. The van der Waals surface area contributed by atoms with Crippen LogP contribution in [0.5, 0.6) is 5.75 Å². The van der Waals surface area contributed by atoms with Crippen molar-refractivity contribution < 1.29 is 18.7 Å². The molecule has 188 valence electrons. The fraction of sp³-hybridized carbons (Fsp3) is 0.214. The number of nitrogens with one attached hydrogen (secondary N) is 1. The number of aliphatic imine (C=N–C) groups is 1. The molecule has 0 bridgehead atoms. The number of benzene rings is 3. The largest absolute Gasteiger partial charge is 0.497 e. The van der Waals surface area contributed by atoms with E-state index in [9.17, 15) is 14.0 Å². The number of nitrogens with zero attached hydrogens (tertiary/aromatic N) is 3.